The van der Waals surface area contributed by atoms with E-state index < -0.39 is 10.0 Å². The number of nitrogens with one attached hydrogen (secondary N) is 2. The number of hydrogen-bond donors (Lipinski definition) is 2. The van der Waals surface area contributed by atoms with Crippen LogP contribution in [0.25, 0.3) is 0 Å². The van der Waals surface area contributed by atoms with Gasteiger partial charge >= 0.3 is 0 Å². The van der Waals surface area contributed by atoms with Gasteiger partial charge < -0.3 is 9.88 Å². The maximum absolute atomic E-state index is 12.4. The van der Waals surface area contributed by atoms with Crippen molar-refractivity contribution in [3.05, 3.63) is 35.9 Å². The molecule has 26 heavy (non-hydrogen) atoms. The molecule has 2 rings (SSSR count). The third-order valence-corrected chi connectivity index (χ3v) is 5.89. The van der Waals surface area contributed by atoms with Gasteiger partial charge in [0.2, 0.25) is 15.9 Å². The number of nitrogens with zero attached hydrogens (tertiary/aromatic N) is 4. The fourth-order valence-electron chi connectivity index (χ4n) is 2.38. The highest BCUT2D eigenvalue weighted by Crippen LogP contribution is 2.22. The summed E-state index contributed by atoms with van der Waals surface area (Å²) in [5.74, 6) is 0.434. The zero-order chi connectivity index (χ0) is 19.5. The lowest BCUT2D eigenvalue weighted by atomic mass is 10.2. The molecule has 1 heterocycles. The van der Waals surface area contributed by atoms with Gasteiger partial charge in [-0.25, -0.2) is 12.7 Å². The van der Waals surface area contributed by atoms with Gasteiger partial charge in [0.25, 0.3) is 0 Å². The van der Waals surface area contributed by atoms with Crippen molar-refractivity contribution in [1.29, 1.82) is 0 Å². The summed E-state index contributed by atoms with van der Waals surface area (Å²) in [5.41, 5.74) is 1.04. The Morgan fingerprint density at radius 1 is 1.35 bits per heavy atom. The maximum atomic E-state index is 12.4. The minimum Gasteiger partial charge on any atom is -0.325 e. The van der Waals surface area contributed by atoms with Crippen LogP contribution in [0.3, 0.4) is 0 Å². The molecule has 0 aliphatic carbocycles. The van der Waals surface area contributed by atoms with E-state index in [0.29, 0.717) is 17.1 Å². The number of hydrogen-bond acceptors (Lipinski definition) is 6. The molecular weight excluding hydrogens is 356 g/mol. The average molecular weight is 380 g/mol. The molecule has 2 N–H and O–H groups in total. The van der Waals surface area contributed by atoms with Gasteiger partial charge in [-0.3, -0.25) is 10.1 Å². The van der Waals surface area contributed by atoms with Gasteiger partial charge in [0.15, 0.2) is 0 Å². The summed E-state index contributed by atoms with van der Waals surface area (Å²) in [6.45, 7) is 3.65. The van der Waals surface area contributed by atoms with Gasteiger partial charge in [-0.15, -0.1) is 10.2 Å². The van der Waals surface area contributed by atoms with E-state index in [1.165, 1.54) is 20.2 Å². The summed E-state index contributed by atoms with van der Waals surface area (Å²) >= 11 is 0. The monoisotopic (exact) mass is 380 g/mol. The van der Waals surface area contributed by atoms with E-state index in [4.69, 9.17) is 0 Å². The van der Waals surface area contributed by atoms with Gasteiger partial charge in [0.05, 0.1) is 17.5 Å². The van der Waals surface area contributed by atoms with Crippen LogP contribution in [0.1, 0.15) is 24.4 Å². The van der Waals surface area contributed by atoms with E-state index in [1.807, 2.05) is 14.0 Å². The van der Waals surface area contributed by atoms with Gasteiger partial charge in [-0.2, -0.15) is 0 Å². The minimum absolute atomic E-state index is 0.0532. The lowest BCUT2D eigenvalue weighted by molar-refractivity contribution is -0.115. The first kappa shape index (κ1) is 20.0. The second kappa shape index (κ2) is 7.94. The summed E-state index contributed by atoms with van der Waals surface area (Å²) < 4.78 is 27.6. The van der Waals surface area contributed by atoms with Crippen LogP contribution in [0.15, 0.2) is 29.4 Å². The number of aryl methyl sites for hydroxylation is 2. The molecule has 1 atom stereocenters. The standard InChI is InChI=1S/C16H24N6O3S/c1-11-6-7-13(8-14(11)26(24,25)21(3)4)19-15(23)9-17-12(2)16-20-18-10-22(16)5/h6-8,10,12,17H,9H2,1-5H3,(H,19,23)/t12-/m1/s1. The fraction of sp³-hybridized carbons (Fsp3) is 0.438. The highest BCUT2D eigenvalue weighted by atomic mass is 32.2. The molecule has 0 saturated heterocycles. The number of anilines is 1. The fourth-order valence-corrected chi connectivity index (χ4v) is 3.52. The molecule has 0 spiro atoms. The van der Waals surface area contributed by atoms with E-state index in [2.05, 4.69) is 20.8 Å². The first-order valence-electron chi connectivity index (χ1n) is 8.03. The van der Waals surface area contributed by atoms with Gasteiger partial charge in [0.1, 0.15) is 12.2 Å². The summed E-state index contributed by atoms with van der Waals surface area (Å²) in [6.07, 6.45) is 1.59. The third-order valence-electron chi connectivity index (χ3n) is 3.93. The SMILES string of the molecule is Cc1ccc(NC(=O)CN[C@H](C)c2nncn2C)cc1S(=O)(=O)N(C)C. The first-order chi connectivity index (χ1) is 12.1. The molecule has 0 aliphatic heterocycles. The Morgan fingerprint density at radius 3 is 2.62 bits per heavy atom. The van der Waals surface area contributed by atoms with Crippen LogP contribution in [-0.4, -0.2) is 54.0 Å². The van der Waals surface area contributed by atoms with E-state index >= 15 is 0 Å². The molecule has 0 radical (unpaired) electrons. The van der Waals surface area contributed by atoms with Crippen molar-refractivity contribution in [2.45, 2.75) is 24.8 Å². The molecule has 10 heteroatoms. The molecule has 9 nitrogen and oxygen atoms in total. The second-order valence-corrected chi connectivity index (χ2v) is 8.34. The van der Waals surface area contributed by atoms with Crippen molar-refractivity contribution in [3.8, 4) is 0 Å². The Balaban J connectivity index is 2.04. The zero-order valence-corrected chi connectivity index (χ0v) is 16.3. The van der Waals surface area contributed by atoms with E-state index in [9.17, 15) is 13.2 Å². The summed E-state index contributed by atoms with van der Waals surface area (Å²) in [4.78, 5) is 12.3. The van der Waals surface area contributed by atoms with E-state index in [0.717, 1.165) is 4.31 Å². The lowest BCUT2D eigenvalue weighted by Gasteiger charge is -2.16. The molecular formula is C16H24N6O3S. The van der Waals surface area contributed by atoms with E-state index in [1.54, 1.807) is 30.0 Å². The Morgan fingerprint density at radius 2 is 2.04 bits per heavy atom. The first-order valence-corrected chi connectivity index (χ1v) is 9.47. The average Bonchev–Trinajstić information content (AvgIpc) is 3.00. The van der Waals surface area contributed by atoms with Crippen molar-refractivity contribution in [1.82, 2.24) is 24.4 Å². The molecule has 0 fully saturated rings. The van der Waals surface area contributed by atoms with Crippen molar-refractivity contribution < 1.29 is 13.2 Å². The highest BCUT2D eigenvalue weighted by molar-refractivity contribution is 7.89. The third kappa shape index (κ3) is 4.45. The van der Waals surface area contributed by atoms with Crippen molar-refractivity contribution in [2.75, 3.05) is 26.0 Å². The summed E-state index contributed by atoms with van der Waals surface area (Å²) in [7, 11) is 1.19. The number of aromatic nitrogens is 3. The molecule has 1 aromatic heterocycles. The van der Waals surface area contributed by atoms with Crippen LogP contribution >= 0.6 is 0 Å². The van der Waals surface area contributed by atoms with Crippen LogP contribution in [0.2, 0.25) is 0 Å². The largest absolute Gasteiger partial charge is 0.325 e. The Kier molecular flexibility index (Phi) is 6.11. The van der Waals surface area contributed by atoms with E-state index in [-0.39, 0.29) is 23.4 Å². The van der Waals surface area contributed by atoms with Crippen molar-refractivity contribution in [2.24, 2.45) is 7.05 Å². The highest BCUT2D eigenvalue weighted by Gasteiger charge is 2.20. The predicted molar refractivity (Wildman–Crippen MR) is 98.1 cm³/mol. The van der Waals surface area contributed by atoms with Gasteiger partial charge in [0, 0.05) is 26.8 Å². The number of rotatable bonds is 7. The molecule has 0 saturated carbocycles. The molecule has 0 aliphatic rings. The normalized spacial score (nSPS) is 13.0. The maximum Gasteiger partial charge on any atom is 0.242 e. The number of benzene rings is 1. The second-order valence-electron chi connectivity index (χ2n) is 6.22. The minimum atomic E-state index is -3.58. The molecule has 142 valence electrons. The molecule has 0 bridgehead atoms. The van der Waals surface area contributed by atoms with Gasteiger partial charge in [-0.05, 0) is 31.5 Å². The van der Waals surface area contributed by atoms with Gasteiger partial charge in [-0.1, -0.05) is 6.07 Å². The number of amides is 1. The molecule has 1 amide bonds. The summed E-state index contributed by atoms with van der Waals surface area (Å²) in [6, 6.07) is 4.65. The molecule has 0 unspecified atom stereocenters. The van der Waals surface area contributed by atoms with Crippen LogP contribution in [0.4, 0.5) is 5.69 Å². The Bertz CT molecular complexity index is 891. The number of carbonyl (C=O) groups excluding carboxylic acids is 1. The quantitative estimate of drug-likeness (QED) is 0.730. The zero-order valence-electron chi connectivity index (χ0n) is 15.5. The van der Waals surface area contributed by atoms with Crippen LogP contribution in [-0.2, 0) is 21.9 Å². The lowest BCUT2D eigenvalue weighted by Crippen LogP contribution is -2.31. The van der Waals surface area contributed by atoms with Crippen LogP contribution in [0.5, 0.6) is 0 Å². The van der Waals surface area contributed by atoms with Crippen molar-refractivity contribution in [3.63, 3.8) is 0 Å². The number of carbonyl (C=O) groups is 1. The molecule has 2 aromatic rings. The Hall–Kier alpha value is -2.30. The number of sulfonamides is 1. The van der Waals surface area contributed by atoms with Crippen LogP contribution < -0.4 is 10.6 Å². The van der Waals surface area contributed by atoms with Crippen LogP contribution in [0, 0.1) is 6.92 Å². The van der Waals surface area contributed by atoms with Crippen molar-refractivity contribution >= 4 is 21.6 Å². The smallest absolute Gasteiger partial charge is 0.242 e. The topological polar surface area (TPSA) is 109 Å². The molecule has 1 aromatic carbocycles. The predicted octanol–water partition coefficient (Wildman–Crippen LogP) is 0.663. The summed E-state index contributed by atoms with van der Waals surface area (Å²) in [5, 5.41) is 13.6. The Labute approximate surface area is 153 Å².